The van der Waals surface area contributed by atoms with E-state index in [1.807, 2.05) is 0 Å². The van der Waals surface area contributed by atoms with Crippen LogP contribution in [-0.2, 0) is 10.9 Å². The number of nitriles is 1. The number of hydrogen-bond acceptors (Lipinski definition) is 2. The lowest BCUT2D eigenvalue weighted by Crippen LogP contribution is -2.10. The second kappa shape index (κ2) is 4.49. The summed E-state index contributed by atoms with van der Waals surface area (Å²) in [5.41, 5.74) is -1.43. The van der Waals surface area contributed by atoms with E-state index in [4.69, 9.17) is 5.26 Å². The Hall–Kier alpha value is -1.61. The first-order valence-corrected chi connectivity index (χ1v) is 4.19. The normalized spacial score (nSPS) is 13.2. The molecule has 0 aromatic heterocycles. The molecule has 0 radical (unpaired) electrons. The van der Waals surface area contributed by atoms with Gasteiger partial charge in [0, 0.05) is 7.11 Å². The van der Waals surface area contributed by atoms with Crippen LogP contribution in [0.2, 0.25) is 0 Å². The average molecular weight is 233 g/mol. The van der Waals surface area contributed by atoms with E-state index in [1.54, 1.807) is 6.07 Å². The molecule has 0 saturated heterocycles. The second-order valence-electron chi connectivity index (χ2n) is 2.98. The van der Waals surface area contributed by atoms with Crippen LogP contribution in [0.5, 0.6) is 0 Å². The molecule has 0 bridgehead atoms. The highest BCUT2D eigenvalue weighted by Gasteiger charge is 2.34. The summed E-state index contributed by atoms with van der Waals surface area (Å²) < 4.78 is 54.5. The molecule has 0 amide bonds. The maximum atomic E-state index is 12.9. The summed E-state index contributed by atoms with van der Waals surface area (Å²) in [4.78, 5) is 0. The predicted molar refractivity (Wildman–Crippen MR) is 46.8 cm³/mol. The van der Waals surface area contributed by atoms with Crippen LogP contribution >= 0.6 is 0 Å². The van der Waals surface area contributed by atoms with Crippen molar-refractivity contribution in [3.8, 4) is 6.07 Å². The van der Waals surface area contributed by atoms with Gasteiger partial charge in [0.25, 0.3) is 0 Å². The van der Waals surface area contributed by atoms with Gasteiger partial charge in [0.05, 0.1) is 11.6 Å². The van der Waals surface area contributed by atoms with Crippen molar-refractivity contribution < 1.29 is 22.3 Å². The number of methoxy groups -OCH3 is 1. The van der Waals surface area contributed by atoms with Gasteiger partial charge in [0.15, 0.2) is 6.10 Å². The molecule has 1 rings (SSSR count). The molecule has 6 heteroatoms. The number of alkyl halides is 3. The SMILES string of the molecule is COC(C#N)c1ccc(F)c(C(F)(F)F)c1. The number of benzene rings is 1. The zero-order valence-corrected chi connectivity index (χ0v) is 8.18. The van der Waals surface area contributed by atoms with Gasteiger partial charge in [0.1, 0.15) is 5.82 Å². The highest BCUT2D eigenvalue weighted by atomic mass is 19.4. The molecule has 1 atom stereocenters. The third-order valence-electron chi connectivity index (χ3n) is 1.95. The molecule has 0 aliphatic carbocycles. The van der Waals surface area contributed by atoms with Crippen molar-refractivity contribution in [2.24, 2.45) is 0 Å². The van der Waals surface area contributed by atoms with Crippen molar-refractivity contribution in [3.05, 3.63) is 35.1 Å². The number of ether oxygens (including phenoxy) is 1. The fourth-order valence-electron chi connectivity index (χ4n) is 1.19. The summed E-state index contributed by atoms with van der Waals surface area (Å²) in [5.74, 6) is -1.37. The summed E-state index contributed by atoms with van der Waals surface area (Å²) in [6.07, 6.45) is -5.92. The van der Waals surface area contributed by atoms with E-state index in [9.17, 15) is 17.6 Å². The molecule has 1 aromatic rings. The number of halogens is 4. The summed E-state index contributed by atoms with van der Waals surface area (Å²) >= 11 is 0. The largest absolute Gasteiger partial charge is 0.419 e. The fraction of sp³-hybridized carbons (Fsp3) is 0.300. The van der Waals surface area contributed by atoms with Crippen molar-refractivity contribution in [2.75, 3.05) is 7.11 Å². The molecule has 2 nitrogen and oxygen atoms in total. The first-order valence-electron chi connectivity index (χ1n) is 4.19. The van der Waals surface area contributed by atoms with Crippen LogP contribution in [0, 0.1) is 17.1 Å². The number of rotatable bonds is 2. The van der Waals surface area contributed by atoms with Crippen LogP contribution < -0.4 is 0 Å². The van der Waals surface area contributed by atoms with Gasteiger partial charge < -0.3 is 4.74 Å². The molecule has 0 aliphatic heterocycles. The molecule has 0 saturated carbocycles. The van der Waals surface area contributed by atoms with Crippen LogP contribution in [-0.4, -0.2) is 7.11 Å². The van der Waals surface area contributed by atoms with E-state index in [0.29, 0.717) is 12.1 Å². The Labute approximate surface area is 89.1 Å². The molecule has 16 heavy (non-hydrogen) atoms. The number of nitrogens with zero attached hydrogens (tertiary/aromatic N) is 1. The molecule has 1 unspecified atom stereocenters. The Kier molecular flexibility index (Phi) is 3.50. The van der Waals surface area contributed by atoms with E-state index < -0.39 is 23.7 Å². The number of hydrogen-bond donors (Lipinski definition) is 0. The molecular formula is C10H7F4NO. The molecule has 1 aromatic carbocycles. The Bertz CT molecular complexity index is 422. The van der Waals surface area contributed by atoms with Crippen LogP contribution in [0.1, 0.15) is 17.2 Å². The zero-order valence-electron chi connectivity index (χ0n) is 8.18. The lowest BCUT2D eigenvalue weighted by Gasteiger charge is -2.12. The second-order valence-corrected chi connectivity index (χ2v) is 2.98. The van der Waals surface area contributed by atoms with E-state index in [0.717, 1.165) is 6.07 Å². The highest BCUT2D eigenvalue weighted by molar-refractivity contribution is 5.31. The quantitative estimate of drug-likeness (QED) is 0.735. The van der Waals surface area contributed by atoms with Crippen molar-refractivity contribution in [3.63, 3.8) is 0 Å². The van der Waals surface area contributed by atoms with Gasteiger partial charge in [-0.15, -0.1) is 0 Å². The van der Waals surface area contributed by atoms with Crippen LogP contribution in [0.4, 0.5) is 17.6 Å². The first kappa shape index (κ1) is 12.5. The zero-order chi connectivity index (χ0) is 12.3. The van der Waals surface area contributed by atoms with Gasteiger partial charge in [-0.2, -0.15) is 18.4 Å². The van der Waals surface area contributed by atoms with E-state index in [-0.39, 0.29) is 5.56 Å². The molecular weight excluding hydrogens is 226 g/mol. The topological polar surface area (TPSA) is 33.0 Å². The minimum Gasteiger partial charge on any atom is -0.362 e. The van der Waals surface area contributed by atoms with Gasteiger partial charge in [-0.3, -0.25) is 0 Å². The predicted octanol–water partition coefficient (Wildman–Crippen LogP) is 3.06. The third-order valence-corrected chi connectivity index (χ3v) is 1.95. The van der Waals surface area contributed by atoms with Crippen LogP contribution in [0.15, 0.2) is 18.2 Å². The van der Waals surface area contributed by atoms with Crippen molar-refractivity contribution in [1.29, 1.82) is 5.26 Å². The lowest BCUT2D eigenvalue weighted by molar-refractivity contribution is -0.140. The maximum absolute atomic E-state index is 12.9. The van der Waals surface area contributed by atoms with E-state index in [1.165, 1.54) is 7.11 Å². The smallest absolute Gasteiger partial charge is 0.362 e. The lowest BCUT2D eigenvalue weighted by atomic mass is 10.1. The Morgan fingerprint density at radius 1 is 1.38 bits per heavy atom. The average Bonchev–Trinajstić information content (AvgIpc) is 2.20. The molecule has 0 N–H and O–H groups in total. The summed E-state index contributed by atoms with van der Waals surface area (Å²) in [5, 5.41) is 8.59. The van der Waals surface area contributed by atoms with Gasteiger partial charge in [-0.05, 0) is 17.7 Å². The summed E-state index contributed by atoms with van der Waals surface area (Å²) in [7, 11) is 1.19. The minimum absolute atomic E-state index is 0.0290. The summed E-state index contributed by atoms with van der Waals surface area (Å²) in [6.45, 7) is 0. The molecule has 0 spiro atoms. The molecule has 0 heterocycles. The van der Waals surface area contributed by atoms with E-state index >= 15 is 0 Å². The maximum Gasteiger partial charge on any atom is 0.419 e. The van der Waals surface area contributed by atoms with Crippen molar-refractivity contribution in [1.82, 2.24) is 0 Å². The minimum atomic E-state index is -4.78. The molecule has 0 fully saturated rings. The van der Waals surface area contributed by atoms with Gasteiger partial charge in [-0.25, -0.2) is 4.39 Å². The summed E-state index contributed by atoms with van der Waals surface area (Å²) in [6, 6.07) is 3.98. The van der Waals surface area contributed by atoms with Crippen LogP contribution in [0.25, 0.3) is 0 Å². The molecule has 0 aliphatic rings. The Balaban J connectivity index is 3.23. The van der Waals surface area contributed by atoms with E-state index in [2.05, 4.69) is 4.74 Å². The fourth-order valence-corrected chi connectivity index (χ4v) is 1.19. The standard InChI is InChI=1S/C10H7F4NO/c1-16-9(5-15)6-2-3-8(11)7(4-6)10(12,13)14/h2-4,9H,1H3. The first-order chi connectivity index (χ1) is 7.40. The molecule has 86 valence electrons. The van der Waals surface area contributed by atoms with Crippen molar-refractivity contribution in [2.45, 2.75) is 12.3 Å². The van der Waals surface area contributed by atoms with Gasteiger partial charge >= 0.3 is 6.18 Å². The Morgan fingerprint density at radius 2 is 2.00 bits per heavy atom. The Morgan fingerprint density at radius 3 is 2.44 bits per heavy atom. The van der Waals surface area contributed by atoms with Gasteiger partial charge in [-0.1, -0.05) is 6.07 Å². The third kappa shape index (κ3) is 2.49. The van der Waals surface area contributed by atoms with Crippen molar-refractivity contribution >= 4 is 0 Å². The van der Waals surface area contributed by atoms with Crippen LogP contribution in [0.3, 0.4) is 0 Å². The monoisotopic (exact) mass is 233 g/mol. The van der Waals surface area contributed by atoms with Gasteiger partial charge in [0.2, 0.25) is 0 Å². The highest BCUT2D eigenvalue weighted by Crippen LogP contribution is 2.33.